The molecule has 142 valence electrons. The van der Waals surface area contributed by atoms with Gasteiger partial charge in [0.25, 0.3) is 0 Å². The van der Waals surface area contributed by atoms with Crippen molar-refractivity contribution in [3.63, 3.8) is 0 Å². The van der Waals surface area contributed by atoms with Crippen molar-refractivity contribution in [3.05, 3.63) is 23.8 Å². The first-order chi connectivity index (χ1) is 11.5. The van der Waals surface area contributed by atoms with Crippen LogP contribution in [0.3, 0.4) is 0 Å². The Balaban J connectivity index is 2.49. The number of esters is 1. The number of hydrogen-bond donors (Lipinski definition) is 1. The fourth-order valence-corrected chi connectivity index (χ4v) is 4.87. The van der Waals surface area contributed by atoms with Gasteiger partial charge in [-0.2, -0.15) is 0 Å². The van der Waals surface area contributed by atoms with Gasteiger partial charge in [0.2, 0.25) is 0 Å². The summed E-state index contributed by atoms with van der Waals surface area (Å²) in [5, 5.41) is 10.8. The Morgan fingerprint density at radius 1 is 1.36 bits per heavy atom. The Bertz CT molecular complexity index is 540. The van der Waals surface area contributed by atoms with Crippen LogP contribution in [0.4, 0.5) is 0 Å². The molecule has 0 heterocycles. The average Bonchev–Trinajstić information content (AvgIpc) is 2.81. The van der Waals surface area contributed by atoms with E-state index in [0.29, 0.717) is 5.92 Å². The van der Waals surface area contributed by atoms with E-state index < -0.39 is 5.60 Å². The van der Waals surface area contributed by atoms with Crippen molar-refractivity contribution < 1.29 is 14.6 Å². The van der Waals surface area contributed by atoms with Crippen molar-refractivity contribution in [1.29, 1.82) is 0 Å². The van der Waals surface area contributed by atoms with Crippen LogP contribution in [0, 0.1) is 23.2 Å². The summed E-state index contributed by atoms with van der Waals surface area (Å²) in [6, 6.07) is 0. The molecule has 0 aromatic carbocycles. The third kappa shape index (κ3) is 4.97. The summed E-state index contributed by atoms with van der Waals surface area (Å²) in [6.07, 6.45) is 11.7. The maximum atomic E-state index is 11.8. The van der Waals surface area contributed by atoms with Crippen LogP contribution in [0.1, 0.15) is 73.6 Å². The first-order valence-electron chi connectivity index (χ1n) is 9.77. The van der Waals surface area contributed by atoms with Gasteiger partial charge in [-0.15, -0.1) is 0 Å². The van der Waals surface area contributed by atoms with E-state index in [1.807, 2.05) is 13.8 Å². The lowest BCUT2D eigenvalue weighted by molar-refractivity contribution is -0.154. The lowest BCUT2D eigenvalue weighted by atomic mass is 9.68. The highest BCUT2D eigenvalue weighted by Gasteiger charge is 2.53. The van der Waals surface area contributed by atoms with Gasteiger partial charge >= 0.3 is 5.97 Å². The Kier molecular flexibility index (Phi) is 6.19. The zero-order valence-electron chi connectivity index (χ0n) is 16.8. The first kappa shape index (κ1) is 20.2. The smallest absolute Gasteiger partial charge is 0.302 e. The van der Waals surface area contributed by atoms with Gasteiger partial charge in [0.15, 0.2) is 0 Å². The van der Waals surface area contributed by atoms with Crippen LogP contribution in [-0.4, -0.2) is 22.8 Å². The fraction of sp³-hybridized carbons (Fsp3) is 0.773. The maximum absolute atomic E-state index is 11.8. The van der Waals surface area contributed by atoms with Crippen molar-refractivity contribution in [2.75, 3.05) is 0 Å². The van der Waals surface area contributed by atoms with Gasteiger partial charge in [-0.1, -0.05) is 37.6 Å². The van der Waals surface area contributed by atoms with E-state index in [9.17, 15) is 9.90 Å². The molecule has 0 aliphatic heterocycles. The summed E-state index contributed by atoms with van der Waals surface area (Å²) in [6.45, 7) is 12.0. The lowest BCUT2D eigenvalue weighted by Gasteiger charge is -2.41. The van der Waals surface area contributed by atoms with Crippen molar-refractivity contribution in [2.45, 2.75) is 85.4 Å². The molecule has 3 nitrogen and oxygen atoms in total. The predicted octanol–water partition coefficient (Wildman–Crippen LogP) is 5.04. The monoisotopic (exact) mass is 348 g/mol. The fourth-order valence-electron chi connectivity index (χ4n) is 4.87. The number of carbonyl (C=O) groups is 1. The number of fused-ring (bicyclic) bond motifs is 1. The number of hydrogen-bond acceptors (Lipinski definition) is 3. The van der Waals surface area contributed by atoms with Crippen LogP contribution >= 0.6 is 0 Å². The van der Waals surface area contributed by atoms with Crippen LogP contribution in [0.15, 0.2) is 23.8 Å². The second kappa shape index (κ2) is 7.65. The van der Waals surface area contributed by atoms with Gasteiger partial charge in [-0.3, -0.25) is 4.79 Å². The molecule has 3 heteroatoms. The third-order valence-corrected chi connectivity index (χ3v) is 6.26. The quantitative estimate of drug-likeness (QED) is 0.561. The van der Waals surface area contributed by atoms with E-state index in [2.05, 4.69) is 39.0 Å². The second-order valence-electron chi connectivity index (χ2n) is 9.15. The van der Waals surface area contributed by atoms with E-state index in [4.69, 9.17) is 4.74 Å². The predicted molar refractivity (Wildman–Crippen MR) is 102 cm³/mol. The van der Waals surface area contributed by atoms with E-state index in [0.717, 1.165) is 32.1 Å². The molecule has 5 atom stereocenters. The average molecular weight is 349 g/mol. The van der Waals surface area contributed by atoms with Crippen molar-refractivity contribution in [1.82, 2.24) is 0 Å². The SMILES string of the molecule is CC(=O)O[C@@H]1C/C(C)=C/CC[C@H](C)/C=C/[C@]2(C)CC[C@H](C(C)(C)O)[C@@H]12. The minimum Gasteiger partial charge on any atom is -0.462 e. The van der Waals surface area contributed by atoms with E-state index in [1.54, 1.807) is 0 Å². The number of ether oxygens (including phenoxy) is 1. The molecule has 25 heavy (non-hydrogen) atoms. The Morgan fingerprint density at radius 3 is 2.64 bits per heavy atom. The van der Waals surface area contributed by atoms with Gasteiger partial charge in [-0.05, 0) is 63.7 Å². The summed E-state index contributed by atoms with van der Waals surface area (Å²) in [4.78, 5) is 11.8. The topological polar surface area (TPSA) is 46.5 Å². The zero-order chi connectivity index (χ0) is 18.8. The highest BCUT2D eigenvalue weighted by atomic mass is 16.5. The minimum absolute atomic E-state index is 0.0519. The minimum atomic E-state index is -0.780. The normalized spacial score (nSPS) is 40.4. The molecule has 0 amide bonds. The highest BCUT2D eigenvalue weighted by molar-refractivity contribution is 5.66. The number of carbonyl (C=O) groups excluding carboxylic acids is 1. The molecule has 0 radical (unpaired) electrons. The van der Waals surface area contributed by atoms with Crippen molar-refractivity contribution in [3.8, 4) is 0 Å². The first-order valence-corrected chi connectivity index (χ1v) is 9.77. The van der Waals surface area contributed by atoms with Gasteiger partial charge in [0.1, 0.15) is 6.10 Å². The van der Waals surface area contributed by atoms with Crippen LogP contribution in [0.2, 0.25) is 0 Å². The van der Waals surface area contributed by atoms with E-state index in [1.165, 1.54) is 12.5 Å². The Hall–Kier alpha value is -1.09. The molecule has 0 aromatic heterocycles. The van der Waals surface area contributed by atoms with Gasteiger partial charge in [-0.25, -0.2) is 0 Å². The highest BCUT2D eigenvalue weighted by Crippen LogP contribution is 2.54. The Labute approximate surface area is 153 Å². The third-order valence-electron chi connectivity index (χ3n) is 6.26. The van der Waals surface area contributed by atoms with Crippen molar-refractivity contribution in [2.24, 2.45) is 23.2 Å². The molecule has 0 bridgehead atoms. The molecule has 2 aliphatic rings. The molecular weight excluding hydrogens is 312 g/mol. The summed E-state index contributed by atoms with van der Waals surface area (Å²) in [5.41, 5.74) is 0.450. The molecule has 1 N–H and O–H groups in total. The molecular formula is C22H36O3. The molecule has 1 saturated carbocycles. The van der Waals surface area contributed by atoms with Crippen LogP contribution in [-0.2, 0) is 9.53 Å². The van der Waals surface area contributed by atoms with E-state index in [-0.39, 0.29) is 29.3 Å². The van der Waals surface area contributed by atoms with Gasteiger partial charge < -0.3 is 9.84 Å². The standard InChI is InChI=1S/C22H36O3/c1-15-8-7-9-16(2)14-19(25-17(3)23)20-18(21(4,5)24)11-13-22(20,6)12-10-15/h9-10,12,15,18-20,24H,7-8,11,13-14H2,1-6H3/b12-10+,16-9+/t15-,18-,19+,20-,22+/m0/s1. The molecule has 0 spiro atoms. The largest absolute Gasteiger partial charge is 0.462 e. The number of allylic oxidation sites excluding steroid dienone is 3. The molecule has 0 saturated heterocycles. The van der Waals surface area contributed by atoms with Crippen LogP contribution in [0.5, 0.6) is 0 Å². The summed E-state index contributed by atoms with van der Waals surface area (Å²) in [5.74, 6) is 0.554. The lowest BCUT2D eigenvalue weighted by Crippen LogP contribution is -2.44. The number of rotatable bonds is 2. The van der Waals surface area contributed by atoms with Crippen molar-refractivity contribution >= 4 is 5.97 Å². The molecule has 0 unspecified atom stereocenters. The summed E-state index contributed by atoms with van der Waals surface area (Å²) < 4.78 is 5.84. The Morgan fingerprint density at radius 2 is 2.04 bits per heavy atom. The number of aliphatic hydroxyl groups is 1. The van der Waals surface area contributed by atoms with Crippen LogP contribution < -0.4 is 0 Å². The molecule has 2 aliphatic carbocycles. The van der Waals surface area contributed by atoms with Gasteiger partial charge in [0.05, 0.1) is 5.60 Å². The van der Waals surface area contributed by atoms with E-state index >= 15 is 0 Å². The van der Waals surface area contributed by atoms with Gasteiger partial charge in [0, 0.05) is 19.3 Å². The summed E-state index contributed by atoms with van der Waals surface area (Å²) >= 11 is 0. The maximum Gasteiger partial charge on any atom is 0.302 e. The molecule has 0 aromatic rings. The zero-order valence-corrected chi connectivity index (χ0v) is 16.8. The summed E-state index contributed by atoms with van der Waals surface area (Å²) in [7, 11) is 0. The van der Waals surface area contributed by atoms with Crippen LogP contribution in [0.25, 0.3) is 0 Å². The molecule has 2 rings (SSSR count). The second-order valence-corrected chi connectivity index (χ2v) is 9.15. The molecule has 1 fully saturated rings.